The Morgan fingerprint density at radius 1 is 1.67 bits per heavy atom. The third kappa shape index (κ3) is 3.67. The lowest BCUT2D eigenvalue weighted by Gasteiger charge is -2.08. The number of aryl methyl sites for hydroxylation is 1. The van der Waals surface area contributed by atoms with Crippen molar-refractivity contribution in [3.05, 3.63) is 11.7 Å². The van der Waals surface area contributed by atoms with Gasteiger partial charge in [-0.2, -0.15) is 4.98 Å². The zero-order chi connectivity index (χ0) is 11.3. The van der Waals surface area contributed by atoms with Crippen molar-refractivity contribution in [3.8, 4) is 0 Å². The summed E-state index contributed by atoms with van der Waals surface area (Å²) in [5, 5.41) is 6.34. The second kappa shape index (κ2) is 5.45. The van der Waals surface area contributed by atoms with Crippen molar-refractivity contribution in [1.29, 1.82) is 0 Å². The van der Waals surface area contributed by atoms with Gasteiger partial charge in [-0.05, 0) is 13.3 Å². The van der Waals surface area contributed by atoms with E-state index in [9.17, 15) is 4.79 Å². The summed E-state index contributed by atoms with van der Waals surface area (Å²) in [6, 6.07) is -0.436. The molecule has 0 spiro atoms. The monoisotopic (exact) mass is 212 g/mol. The molecule has 0 radical (unpaired) electrons. The van der Waals surface area contributed by atoms with Gasteiger partial charge in [0.05, 0.1) is 6.04 Å². The number of hydrogen-bond donors (Lipinski definition) is 2. The molecule has 1 aromatic rings. The summed E-state index contributed by atoms with van der Waals surface area (Å²) >= 11 is 0. The SMILES string of the molecule is CC[C@@H](N)C(=O)NCCc1nc(C)no1. The van der Waals surface area contributed by atoms with Crippen LogP contribution < -0.4 is 11.1 Å². The van der Waals surface area contributed by atoms with Crippen LogP contribution in [0, 0.1) is 6.92 Å². The van der Waals surface area contributed by atoms with E-state index in [1.54, 1.807) is 6.92 Å². The molecule has 0 fully saturated rings. The maximum Gasteiger partial charge on any atom is 0.236 e. The molecular formula is C9H16N4O2. The van der Waals surface area contributed by atoms with E-state index in [-0.39, 0.29) is 5.91 Å². The molecule has 1 heterocycles. The van der Waals surface area contributed by atoms with E-state index in [4.69, 9.17) is 10.3 Å². The minimum Gasteiger partial charge on any atom is -0.354 e. The van der Waals surface area contributed by atoms with Crippen molar-refractivity contribution < 1.29 is 9.32 Å². The third-order valence-corrected chi connectivity index (χ3v) is 1.98. The van der Waals surface area contributed by atoms with Crippen LogP contribution in [0.2, 0.25) is 0 Å². The molecule has 3 N–H and O–H groups in total. The number of hydrogen-bond acceptors (Lipinski definition) is 5. The number of nitrogens with two attached hydrogens (primary N) is 1. The van der Waals surface area contributed by atoms with Gasteiger partial charge in [0, 0.05) is 13.0 Å². The standard InChI is InChI=1S/C9H16N4O2/c1-3-7(10)9(14)11-5-4-8-12-6(2)13-15-8/h7H,3-5,10H2,1-2H3,(H,11,14)/t7-/m1/s1. The van der Waals surface area contributed by atoms with Gasteiger partial charge in [-0.1, -0.05) is 12.1 Å². The van der Waals surface area contributed by atoms with E-state index in [1.807, 2.05) is 6.92 Å². The maximum atomic E-state index is 11.3. The predicted molar refractivity (Wildman–Crippen MR) is 54.0 cm³/mol. The summed E-state index contributed by atoms with van der Waals surface area (Å²) in [6.07, 6.45) is 1.16. The molecule has 1 amide bonds. The molecule has 15 heavy (non-hydrogen) atoms. The number of aromatic nitrogens is 2. The van der Waals surface area contributed by atoms with E-state index >= 15 is 0 Å². The zero-order valence-corrected chi connectivity index (χ0v) is 8.99. The smallest absolute Gasteiger partial charge is 0.236 e. The first-order valence-corrected chi connectivity index (χ1v) is 4.96. The molecule has 1 rings (SSSR count). The minimum atomic E-state index is -0.436. The first kappa shape index (κ1) is 11.6. The van der Waals surface area contributed by atoms with Crippen LogP contribution in [0.15, 0.2) is 4.52 Å². The Balaban J connectivity index is 2.24. The number of carbonyl (C=O) groups excluding carboxylic acids is 1. The van der Waals surface area contributed by atoms with Crippen molar-refractivity contribution in [2.75, 3.05) is 6.54 Å². The molecule has 0 aliphatic carbocycles. The number of nitrogens with zero attached hydrogens (tertiary/aromatic N) is 2. The Kier molecular flexibility index (Phi) is 4.23. The van der Waals surface area contributed by atoms with E-state index in [0.29, 0.717) is 31.1 Å². The van der Waals surface area contributed by atoms with E-state index < -0.39 is 6.04 Å². The van der Waals surface area contributed by atoms with Gasteiger partial charge in [0.2, 0.25) is 11.8 Å². The lowest BCUT2D eigenvalue weighted by molar-refractivity contribution is -0.122. The van der Waals surface area contributed by atoms with Crippen molar-refractivity contribution in [2.45, 2.75) is 32.7 Å². The molecule has 0 bridgehead atoms. The lowest BCUT2D eigenvalue weighted by Crippen LogP contribution is -2.40. The molecule has 0 aliphatic heterocycles. The summed E-state index contributed by atoms with van der Waals surface area (Å²) in [4.78, 5) is 15.3. The summed E-state index contributed by atoms with van der Waals surface area (Å²) in [5.74, 6) is 0.980. The Hall–Kier alpha value is -1.43. The topological polar surface area (TPSA) is 94.0 Å². The van der Waals surface area contributed by atoms with Crippen LogP contribution in [0.25, 0.3) is 0 Å². The van der Waals surface area contributed by atoms with Crippen molar-refractivity contribution in [1.82, 2.24) is 15.5 Å². The fourth-order valence-corrected chi connectivity index (χ4v) is 1.05. The molecule has 0 unspecified atom stereocenters. The number of nitrogens with one attached hydrogen (secondary N) is 1. The highest BCUT2D eigenvalue weighted by atomic mass is 16.5. The summed E-state index contributed by atoms with van der Waals surface area (Å²) < 4.78 is 4.89. The first-order valence-electron chi connectivity index (χ1n) is 4.96. The minimum absolute atomic E-state index is 0.145. The van der Waals surface area contributed by atoms with Crippen LogP contribution in [0.3, 0.4) is 0 Å². The zero-order valence-electron chi connectivity index (χ0n) is 8.99. The van der Waals surface area contributed by atoms with Crippen molar-refractivity contribution in [3.63, 3.8) is 0 Å². The average molecular weight is 212 g/mol. The van der Waals surface area contributed by atoms with Gasteiger partial charge in [-0.3, -0.25) is 4.79 Å². The van der Waals surface area contributed by atoms with Gasteiger partial charge >= 0.3 is 0 Å². The molecule has 0 saturated carbocycles. The number of amides is 1. The van der Waals surface area contributed by atoms with Gasteiger partial charge in [0.15, 0.2) is 5.82 Å². The highest BCUT2D eigenvalue weighted by molar-refractivity contribution is 5.81. The lowest BCUT2D eigenvalue weighted by atomic mass is 10.2. The van der Waals surface area contributed by atoms with Crippen LogP contribution in [0.1, 0.15) is 25.1 Å². The first-order chi connectivity index (χ1) is 7.13. The molecule has 0 aromatic carbocycles. The summed E-state index contributed by atoms with van der Waals surface area (Å²) in [6.45, 7) is 4.08. The highest BCUT2D eigenvalue weighted by Gasteiger charge is 2.10. The molecule has 1 aromatic heterocycles. The Bertz CT molecular complexity index is 324. The number of carbonyl (C=O) groups is 1. The van der Waals surface area contributed by atoms with E-state index in [2.05, 4.69) is 15.5 Å². The van der Waals surface area contributed by atoms with Gasteiger partial charge in [0.1, 0.15) is 0 Å². The van der Waals surface area contributed by atoms with Crippen molar-refractivity contribution >= 4 is 5.91 Å². The van der Waals surface area contributed by atoms with E-state index in [0.717, 1.165) is 0 Å². The second-order valence-electron chi connectivity index (χ2n) is 3.29. The molecule has 0 saturated heterocycles. The largest absolute Gasteiger partial charge is 0.354 e. The Morgan fingerprint density at radius 2 is 2.40 bits per heavy atom. The maximum absolute atomic E-state index is 11.3. The fraction of sp³-hybridized carbons (Fsp3) is 0.667. The molecule has 1 atom stereocenters. The van der Waals surface area contributed by atoms with E-state index in [1.165, 1.54) is 0 Å². The molecule has 6 heteroatoms. The Labute approximate surface area is 88.2 Å². The Morgan fingerprint density at radius 3 is 2.93 bits per heavy atom. The summed E-state index contributed by atoms with van der Waals surface area (Å²) in [5.41, 5.74) is 5.54. The third-order valence-electron chi connectivity index (χ3n) is 1.98. The van der Waals surface area contributed by atoms with Gasteiger partial charge < -0.3 is 15.6 Å². The van der Waals surface area contributed by atoms with Crippen LogP contribution in [0.4, 0.5) is 0 Å². The predicted octanol–water partition coefficient (Wildman–Crippen LogP) is -0.226. The molecule has 6 nitrogen and oxygen atoms in total. The average Bonchev–Trinajstić information content (AvgIpc) is 2.63. The van der Waals surface area contributed by atoms with Gasteiger partial charge in [-0.25, -0.2) is 0 Å². The van der Waals surface area contributed by atoms with Crippen LogP contribution in [0.5, 0.6) is 0 Å². The second-order valence-corrected chi connectivity index (χ2v) is 3.29. The highest BCUT2D eigenvalue weighted by Crippen LogP contribution is 1.95. The van der Waals surface area contributed by atoms with Crippen LogP contribution >= 0.6 is 0 Å². The molecule has 84 valence electrons. The van der Waals surface area contributed by atoms with Gasteiger partial charge in [-0.15, -0.1) is 0 Å². The molecular weight excluding hydrogens is 196 g/mol. The quantitative estimate of drug-likeness (QED) is 0.703. The normalized spacial score (nSPS) is 12.5. The van der Waals surface area contributed by atoms with Crippen molar-refractivity contribution in [2.24, 2.45) is 5.73 Å². The fourth-order valence-electron chi connectivity index (χ4n) is 1.05. The number of rotatable bonds is 5. The van der Waals surface area contributed by atoms with Crippen LogP contribution in [-0.4, -0.2) is 28.6 Å². The molecule has 0 aliphatic rings. The van der Waals surface area contributed by atoms with Crippen LogP contribution in [-0.2, 0) is 11.2 Å². The summed E-state index contributed by atoms with van der Waals surface area (Å²) in [7, 11) is 0. The van der Waals surface area contributed by atoms with Gasteiger partial charge in [0.25, 0.3) is 0 Å².